The van der Waals surface area contributed by atoms with Crippen molar-refractivity contribution < 1.29 is 13.2 Å². The van der Waals surface area contributed by atoms with Crippen LogP contribution < -0.4 is 0 Å². The van der Waals surface area contributed by atoms with Gasteiger partial charge in [-0.1, -0.05) is 5.21 Å². The quantitative estimate of drug-likeness (QED) is 0.676. The highest BCUT2D eigenvalue weighted by Crippen LogP contribution is 2.52. The third-order valence-corrected chi connectivity index (χ3v) is 2.14. The lowest BCUT2D eigenvalue weighted by atomic mass is 10.4. The molecule has 0 N–H and O–H groups in total. The number of hydrogen-bond donors (Lipinski definition) is 0. The lowest BCUT2D eigenvalue weighted by molar-refractivity contribution is -0.150. The van der Waals surface area contributed by atoms with Crippen molar-refractivity contribution in [2.75, 3.05) is 0 Å². The van der Waals surface area contributed by atoms with Gasteiger partial charge in [-0.05, 0) is 13.3 Å². The summed E-state index contributed by atoms with van der Waals surface area (Å²) >= 11 is 0. The summed E-state index contributed by atoms with van der Waals surface area (Å²) in [7, 11) is 0. The molecule has 1 aromatic rings. The highest BCUT2D eigenvalue weighted by atomic mass is 19.4. The highest BCUT2D eigenvalue weighted by molar-refractivity contribution is 4.99. The van der Waals surface area contributed by atoms with Crippen LogP contribution in [0.4, 0.5) is 13.2 Å². The zero-order valence-corrected chi connectivity index (χ0v) is 6.91. The molecule has 1 saturated carbocycles. The summed E-state index contributed by atoms with van der Waals surface area (Å²) in [6.45, 7) is 1.70. The Morgan fingerprint density at radius 3 is 2.62 bits per heavy atom. The van der Waals surface area contributed by atoms with Crippen molar-refractivity contribution in [2.45, 2.75) is 25.6 Å². The van der Waals surface area contributed by atoms with Crippen LogP contribution in [0.15, 0.2) is 6.20 Å². The van der Waals surface area contributed by atoms with Crippen LogP contribution in [0.2, 0.25) is 0 Å². The second-order valence-corrected chi connectivity index (χ2v) is 3.29. The molecule has 0 spiro atoms. The summed E-state index contributed by atoms with van der Waals surface area (Å²) in [6, 6.07) is -0.527. The fraction of sp³-hybridized carbons (Fsp3) is 0.714. The summed E-state index contributed by atoms with van der Waals surface area (Å²) in [5.74, 6) is -1.23. The number of nitrogens with zero attached hydrogens (tertiary/aromatic N) is 3. The summed E-state index contributed by atoms with van der Waals surface area (Å²) < 4.78 is 37.7. The van der Waals surface area contributed by atoms with Gasteiger partial charge in [0, 0.05) is 6.20 Å². The molecule has 13 heavy (non-hydrogen) atoms. The van der Waals surface area contributed by atoms with E-state index < -0.39 is 18.1 Å². The first-order chi connectivity index (χ1) is 5.98. The molecular formula is C7H8F3N3. The number of hydrogen-bond acceptors (Lipinski definition) is 2. The Labute approximate surface area is 72.5 Å². The van der Waals surface area contributed by atoms with Gasteiger partial charge in [0.1, 0.15) is 0 Å². The number of alkyl halides is 3. The van der Waals surface area contributed by atoms with E-state index in [2.05, 4.69) is 10.3 Å². The molecule has 0 aromatic carbocycles. The van der Waals surface area contributed by atoms with Gasteiger partial charge in [0.2, 0.25) is 0 Å². The minimum atomic E-state index is -4.09. The van der Waals surface area contributed by atoms with E-state index in [0.717, 1.165) is 0 Å². The van der Waals surface area contributed by atoms with Gasteiger partial charge in [-0.15, -0.1) is 5.10 Å². The average molecular weight is 191 g/mol. The van der Waals surface area contributed by atoms with Gasteiger partial charge in [0.25, 0.3) is 0 Å². The molecule has 0 amide bonds. The Kier molecular flexibility index (Phi) is 1.61. The summed E-state index contributed by atoms with van der Waals surface area (Å²) in [5.41, 5.74) is 0.646. The predicted molar refractivity (Wildman–Crippen MR) is 38.0 cm³/mol. The lowest BCUT2D eigenvalue weighted by Gasteiger charge is -2.03. The Morgan fingerprint density at radius 2 is 2.23 bits per heavy atom. The van der Waals surface area contributed by atoms with Crippen molar-refractivity contribution in [1.29, 1.82) is 0 Å². The minimum absolute atomic E-state index is 0.131. The zero-order valence-electron chi connectivity index (χ0n) is 6.91. The van der Waals surface area contributed by atoms with E-state index in [-0.39, 0.29) is 6.42 Å². The first-order valence-electron chi connectivity index (χ1n) is 3.93. The lowest BCUT2D eigenvalue weighted by Crippen LogP contribution is -2.13. The number of aromatic nitrogens is 3. The maximum atomic E-state index is 12.1. The minimum Gasteiger partial charge on any atom is -0.249 e. The molecule has 0 bridgehead atoms. The summed E-state index contributed by atoms with van der Waals surface area (Å²) in [4.78, 5) is 0. The van der Waals surface area contributed by atoms with Gasteiger partial charge in [-0.2, -0.15) is 13.2 Å². The summed E-state index contributed by atoms with van der Waals surface area (Å²) in [5, 5.41) is 7.25. The van der Waals surface area contributed by atoms with E-state index >= 15 is 0 Å². The zero-order chi connectivity index (χ0) is 9.64. The van der Waals surface area contributed by atoms with Crippen LogP contribution in [0.1, 0.15) is 18.2 Å². The normalized spacial score (nSPS) is 27.7. The molecule has 1 fully saturated rings. The van der Waals surface area contributed by atoms with Crippen molar-refractivity contribution in [3.8, 4) is 0 Å². The first kappa shape index (κ1) is 8.52. The molecule has 3 nitrogen and oxygen atoms in total. The molecule has 6 heteroatoms. The number of aryl methyl sites for hydroxylation is 1. The fourth-order valence-corrected chi connectivity index (χ4v) is 1.35. The second kappa shape index (κ2) is 2.46. The molecule has 0 radical (unpaired) electrons. The Hall–Kier alpha value is -1.07. The van der Waals surface area contributed by atoms with Crippen molar-refractivity contribution >= 4 is 0 Å². The average Bonchev–Trinajstić information content (AvgIpc) is 2.69. The van der Waals surface area contributed by atoms with Crippen molar-refractivity contribution in [3.05, 3.63) is 11.9 Å². The molecule has 0 aliphatic heterocycles. The van der Waals surface area contributed by atoms with Gasteiger partial charge in [0.05, 0.1) is 17.7 Å². The molecule has 1 heterocycles. The maximum absolute atomic E-state index is 12.1. The molecule has 1 unspecified atom stereocenters. The van der Waals surface area contributed by atoms with E-state index in [1.54, 1.807) is 6.92 Å². The van der Waals surface area contributed by atoms with Crippen LogP contribution >= 0.6 is 0 Å². The van der Waals surface area contributed by atoms with Crippen molar-refractivity contribution in [1.82, 2.24) is 15.0 Å². The Bertz CT molecular complexity index is 317. The fourth-order valence-electron chi connectivity index (χ4n) is 1.35. The maximum Gasteiger partial charge on any atom is 0.393 e. The molecule has 2 rings (SSSR count). The molecule has 0 saturated heterocycles. The highest BCUT2D eigenvalue weighted by Gasteiger charge is 2.57. The smallest absolute Gasteiger partial charge is 0.249 e. The van der Waals surface area contributed by atoms with E-state index in [0.29, 0.717) is 5.69 Å². The van der Waals surface area contributed by atoms with Crippen LogP contribution in [0.5, 0.6) is 0 Å². The molecule has 1 aliphatic rings. The second-order valence-electron chi connectivity index (χ2n) is 3.29. The first-order valence-corrected chi connectivity index (χ1v) is 3.93. The van der Waals surface area contributed by atoms with E-state index in [1.807, 2.05) is 0 Å². The summed E-state index contributed by atoms with van der Waals surface area (Å²) in [6.07, 6.45) is -2.42. The van der Waals surface area contributed by atoms with Crippen LogP contribution in [0.3, 0.4) is 0 Å². The standard InChI is InChI=1S/C7H8F3N3/c1-4-3-13(12-11-4)6-2-5(6)7(8,9)10/h3,5-6H,2H2,1H3/t5-,6?/m0/s1. The van der Waals surface area contributed by atoms with Gasteiger partial charge in [-0.3, -0.25) is 0 Å². The van der Waals surface area contributed by atoms with Crippen molar-refractivity contribution in [2.24, 2.45) is 5.92 Å². The number of halogens is 3. The van der Waals surface area contributed by atoms with Crippen LogP contribution in [-0.4, -0.2) is 21.2 Å². The molecule has 1 aliphatic carbocycles. The van der Waals surface area contributed by atoms with Crippen molar-refractivity contribution in [3.63, 3.8) is 0 Å². The van der Waals surface area contributed by atoms with Gasteiger partial charge in [0.15, 0.2) is 0 Å². The van der Waals surface area contributed by atoms with Gasteiger partial charge in [-0.25, -0.2) is 4.68 Å². The Balaban J connectivity index is 2.08. The van der Waals surface area contributed by atoms with E-state index in [4.69, 9.17) is 0 Å². The Morgan fingerprint density at radius 1 is 1.54 bits per heavy atom. The SMILES string of the molecule is Cc1cn(C2C[C@@H]2C(F)(F)F)nn1. The predicted octanol–water partition coefficient (Wildman–Crippen LogP) is 1.71. The van der Waals surface area contributed by atoms with E-state index in [1.165, 1.54) is 10.9 Å². The third-order valence-electron chi connectivity index (χ3n) is 2.14. The van der Waals surface area contributed by atoms with Crippen LogP contribution in [-0.2, 0) is 0 Å². The third kappa shape index (κ3) is 1.52. The molecule has 2 atom stereocenters. The van der Waals surface area contributed by atoms with Crippen LogP contribution in [0, 0.1) is 12.8 Å². The van der Waals surface area contributed by atoms with Gasteiger partial charge < -0.3 is 0 Å². The van der Waals surface area contributed by atoms with E-state index in [9.17, 15) is 13.2 Å². The molecule has 1 aromatic heterocycles. The number of rotatable bonds is 1. The largest absolute Gasteiger partial charge is 0.393 e. The topological polar surface area (TPSA) is 30.7 Å². The van der Waals surface area contributed by atoms with Crippen LogP contribution in [0.25, 0.3) is 0 Å². The van der Waals surface area contributed by atoms with Gasteiger partial charge >= 0.3 is 6.18 Å². The molecule has 72 valence electrons. The monoisotopic (exact) mass is 191 g/mol. The molecular weight excluding hydrogens is 183 g/mol.